The summed E-state index contributed by atoms with van der Waals surface area (Å²) in [5.74, 6) is 0.968. The van der Waals surface area contributed by atoms with Crippen LogP contribution in [0.5, 0.6) is 0 Å². The summed E-state index contributed by atoms with van der Waals surface area (Å²) in [6.07, 6.45) is 0. The number of aromatic nitrogens is 1. The molecule has 0 spiro atoms. The van der Waals surface area contributed by atoms with Crippen LogP contribution in [-0.4, -0.2) is 29.4 Å². The van der Waals surface area contributed by atoms with Gasteiger partial charge in [0.15, 0.2) is 0 Å². The van der Waals surface area contributed by atoms with Crippen LogP contribution in [0.4, 0.5) is 0 Å². The quantitative estimate of drug-likeness (QED) is 0.792. The van der Waals surface area contributed by atoms with E-state index in [1.165, 1.54) is 5.56 Å². The van der Waals surface area contributed by atoms with Gasteiger partial charge in [-0.3, -0.25) is 4.79 Å². The maximum absolute atomic E-state index is 11.4. The predicted molar refractivity (Wildman–Crippen MR) is 86.2 cm³/mol. The van der Waals surface area contributed by atoms with E-state index in [1.54, 1.807) is 41.4 Å². The molecule has 2 rings (SSSR count). The number of esters is 1. The minimum absolute atomic E-state index is 0.336. The number of thiophene rings is 1. The average Bonchev–Trinajstić information content (AvgIpc) is 3.09. The van der Waals surface area contributed by atoms with Crippen molar-refractivity contribution in [2.75, 3.05) is 12.4 Å². The van der Waals surface area contributed by atoms with Gasteiger partial charge in [0.2, 0.25) is 0 Å². The SMILES string of the molecule is CCOC(=O)C(N)CSCc1csc(-c2ccsc2)n1. The van der Waals surface area contributed by atoms with Crippen molar-refractivity contribution in [3.8, 4) is 10.6 Å². The van der Waals surface area contributed by atoms with Crippen LogP contribution < -0.4 is 5.73 Å². The van der Waals surface area contributed by atoms with Crippen LogP contribution in [0, 0.1) is 0 Å². The predicted octanol–water partition coefficient (Wildman–Crippen LogP) is 3.00. The molecule has 0 aromatic carbocycles. The van der Waals surface area contributed by atoms with Crippen molar-refractivity contribution in [3.63, 3.8) is 0 Å². The van der Waals surface area contributed by atoms with Gasteiger partial charge in [0.25, 0.3) is 0 Å². The van der Waals surface area contributed by atoms with E-state index in [0.29, 0.717) is 12.4 Å². The van der Waals surface area contributed by atoms with Gasteiger partial charge in [-0.2, -0.15) is 23.1 Å². The van der Waals surface area contributed by atoms with Gasteiger partial charge in [0.05, 0.1) is 12.3 Å². The molecule has 20 heavy (non-hydrogen) atoms. The van der Waals surface area contributed by atoms with Gasteiger partial charge < -0.3 is 10.5 Å². The standard InChI is InChI=1S/C13H16N2O2S3/c1-2-17-13(16)11(14)8-19-6-10-7-20-12(15-10)9-3-4-18-5-9/h3-5,7,11H,2,6,8,14H2,1H3. The van der Waals surface area contributed by atoms with E-state index < -0.39 is 6.04 Å². The Kier molecular flexibility index (Phi) is 6.03. The Hall–Kier alpha value is -0.890. The normalized spacial score (nSPS) is 12.3. The van der Waals surface area contributed by atoms with Crippen LogP contribution in [0.15, 0.2) is 22.2 Å². The van der Waals surface area contributed by atoms with Gasteiger partial charge in [-0.25, -0.2) is 4.98 Å². The van der Waals surface area contributed by atoms with Crippen molar-refractivity contribution in [2.24, 2.45) is 5.73 Å². The number of hydrogen-bond acceptors (Lipinski definition) is 7. The molecule has 7 heteroatoms. The van der Waals surface area contributed by atoms with Gasteiger partial charge in [-0.05, 0) is 18.4 Å². The Balaban J connectivity index is 1.79. The first-order valence-electron chi connectivity index (χ1n) is 6.17. The molecular formula is C13H16N2O2S3. The van der Waals surface area contributed by atoms with Crippen LogP contribution in [0.2, 0.25) is 0 Å². The molecule has 0 saturated carbocycles. The lowest BCUT2D eigenvalue weighted by atomic mass is 10.4. The minimum Gasteiger partial charge on any atom is -0.465 e. The molecule has 0 saturated heterocycles. The van der Waals surface area contributed by atoms with Crippen molar-refractivity contribution in [3.05, 3.63) is 27.9 Å². The van der Waals surface area contributed by atoms with E-state index >= 15 is 0 Å². The van der Waals surface area contributed by atoms with Crippen LogP contribution in [-0.2, 0) is 15.3 Å². The first kappa shape index (κ1) is 15.5. The third-order valence-electron chi connectivity index (χ3n) is 2.46. The van der Waals surface area contributed by atoms with Crippen LogP contribution in [0.3, 0.4) is 0 Å². The fourth-order valence-corrected chi connectivity index (χ4v) is 4.00. The van der Waals surface area contributed by atoms with Gasteiger partial charge in [-0.15, -0.1) is 11.3 Å². The smallest absolute Gasteiger partial charge is 0.323 e. The lowest BCUT2D eigenvalue weighted by Gasteiger charge is -2.09. The number of rotatable bonds is 7. The lowest BCUT2D eigenvalue weighted by molar-refractivity contribution is -0.144. The van der Waals surface area contributed by atoms with E-state index in [1.807, 2.05) is 5.38 Å². The van der Waals surface area contributed by atoms with Crippen LogP contribution in [0.25, 0.3) is 10.6 Å². The molecule has 0 bridgehead atoms. The van der Waals surface area contributed by atoms with E-state index in [4.69, 9.17) is 10.5 Å². The summed E-state index contributed by atoms with van der Waals surface area (Å²) in [5.41, 5.74) is 7.93. The molecule has 0 fully saturated rings. The molecule has 1 unspecified atom stereocenters. The highest BCUT2D eigenvalue weighted by Gasteiger charge is 2.14. The molecule has 0 aliphatic heterocycles. The van der Waals surface area contributed by atoms with Crippen LogP contribution in [0.1, 0.15) is 12.6 Å². The van der Waals surface area contributed by atoms with E-state index in [-0.39, 0.29) is 5.97 Å². The molecule has 2 aromatic heterocycles. The second-order valence-electron chi connectivity index (χ2n) is 4.03. The molecular weight excluding hydrogens is 312 g/mol. The molecule has 0 aliphatic carbocycles. The summed E-state index contributed by atoms with van der Waals surface area (Å²) >= 11 is 4.91. The highest BCUT2D eigenvalue weighted by atomic mass is 32.2. The van der Waals surface area contributed by atoms with Crippen LogP contribution >= 0.6 is 34.4 Å². The second kappa shape index (κ2) is 7.78. The number of thiazole rings is 1. The van der Waals surface area contributed by atoms with Gasteiger partial charge in [0, 0.05) is 27.8 Å². The maximum atomic E-state index is 11.4. The number of nitrogens with zero attached hydrogens (tertiary/aromatic N) is 1. The van der Waals surface area contributed by atoms with E-state index in [2.05, 4.69) is 21.8 Å². The third-order valence-corrected chi connectivity index (χ3v) is 5.17. The fourth-order valence-electron chi connectivity index (χ4n) is 1.50. The Morgan fingerprint density at radius 2 is 2.40 bits per heavy atom. The maximum Gasteiger partial charge on any atom is 0.323 e. The number of nitrogens with two attached hydrogens (primary N) is 1. The fraction of sp³-hybridized carbons (Fsp3) is 0.385. The number of thioether (sulfide) groups is 1. The first-order chi connectivity index (χ1) is 9.70. The van der Waals surface area contributed by atoms with E-state index in [0.717, 1.165) is 16.5 Å². The van der Waals surface area contributed by atoms with E-state index in [9.17, 15) is 4.79 Å². The molecule has 1 atom stereocenters. The summed E-state index contributed by atoms with van der Waals surface area (Å²) in [6.45, 7) is 2.15. The largest absolute Gasteiger partial charge is 0.465 e. The summed E-state index contributed by atoms with van der Waals surface area (Å²) in [7, 11) is 0. The Bertz CT molecular complexity index is 540. The average molecular weight is 328 g/mol. The summed E-state index contributed by atoms with van der Waals surface area (Å²) < 4.78 is 4.87. The van der Waals surface area contributed by atoms with Gasteiger partial charge >= 0.3 is 5.97 Å². The zero-order valence-corrected chi connectivity index (χ0v) is 13.5. The second-order valence-corrected chi connectivity index (χ2v) is 6.70. The minimum atomic E-state index is -0.560. The van der Waals surface area contributed by atoms with Crippen molar-refractivity contribution < 1.29 is 9.53 Å². The first-order valence-corrected chi connectivity index (χ1v) is 9.15. The molecule has 4 nitrogen and oxygen atoms in total. The Morgan fingerprint density at radius 1 is 1.55 bits per heavy atom. The van der Waals surface area contributed by atoms with Gasteiger partial charge in [-0.1, -0.05) is 0 Å². The van der Waals surface area contributed by atoms with Crippen molar-refractivity contribution in [1.29, 1.82) is 0 Å². The highest BCUT2D eigenvalue weighted by Crippen LogP contribution is 2.27. The molecule has 108 valence electrons. The topological polar surface area (TPSA) is 65.2 Å². The Morgan fingerprint density at radius 3 is 3.10 bits per heavy atom. The molecule has 2 aromatic rings. The zero-order valence-electron chi connectivity index (χ0n) is 11.1. The van der Waals surface area contributed by atoms with Crippen molar-refractivity contribution in [2.45, 2.75) is 18.7 Å². The Labute approximate surface area is 130 Å². The summed E-state index contributed by atoms with van der Waals surface area (Å²) in [5, 5.41) is 7.22. The van der Waals surface area contributed by atoms with Gasteiger partial charge in [0.1, 0.15) is 11.0 Å². The molecule has 2 N–H and O–H groups in total. The number of hydrogen-bond donors (Lipinski definition) is 1. The molecule has 2 heterocycles. The number of carbonyl (C=O) groups excluding carboxylic acids is 1. The number of carbonyl (C=O) groups is 1. The number of ether oxygens (including phenoxy) is 1. The molecule has 0 amide bonds. The van der Waals surface area contributed by atoms with Crippen molar-refractivity contribution >= 4 is 40.4 Å². The third kappa shape index (κ3) is 4.31. The van der Waals surface area contributed by atoms with Crippen molar-refractivity contribution in [1.82, 2.24) is 4.98 Å². The summed E-state index contributed by atoms with van der Waals surface area (Å²) in [4.78, 5) is 16.0. The zero-order chi connectivity index (χ0) is 14.4. The lowest BCUT2D eigenvalue weighted by Crippen LogP contribution is -2.34. The molecule has 0 radical (unpaired) electrons. The molecule has 0 aliphatic rings. The monoisotopic (exact) mass is 328 g/mol. The highest BCUT2D eigenvalue weighted by molar-refractivity contribution is 7.98. The summed E-state index contributed by atoms with van der Waals surface area (Å²) in [6, 6.07) is 1.51.